The van der Waals surface area contributed by atoms with E-state index in [2.05, 4.69) is 10.3 Å². The van der Waals surface area contributed by atoms with Crippen LogP contribution in [-0.4, -0.2) is 10.9 Å². The van der Waals surface area contributed by atoms with Gasteiger partial charge < -0.3 is 0 Å². The molecular formula is C17H11F3N2OS. The fourth-order valence-electron chi connectivity index (χ4n) is 2.11. The number of aromatic nitrogens is 1. The van der Waals surface area contributed by atoms with E-state index in [1.807, 2.05) is 30.3 Å². The van der Waals surface area contributed by atoms with Crippen molar-refractivity contribution in [2.24, 2.45) is 0 Å². The summed E-state index contributed by atoms with van der Waals surface area (Å²) in [4.78, 5) is 15.8. The zero-order valence-electron chi connectivity index (χ0n) is 12.2. The van der Waals surface area contributed by atoms with Gasteiger partial charge in [-0.3, -0.25) is 10.1 Å². The number of fused-ring (bicyclic) bond motifs is 1. The number of carbonyl (C=O) groups excluding carboxylic acids is 1. The van der Waals surface area contributed by atoms with Crippen molar-refractivity contribution < 1.29 is 18.0 Å². The molecular weight excluding hydrogens is 337 g/mol. The minimum absolute atomic E-state index is 0.129. The van der Waals surface area contributed by atoms with E-state index in [9.17, 15) is 18.0 Å². The van der Waals surface area contributed by atoms with Crippen molar-refractivity contribution >= 4 is 38.7 Å². The molecule has 0 aliphatic carbocycles. The molecule has 0 saturated heterocycles. The molecule has 0 saturated carbocycles. The first-order valence-corrected chi connectivity index (χ1v) is 7.76. The summed E-state index contributed by atoms with van der Waals surface area (Å²) in [5.41, 5.74) is -0.120. The predicted molar refractivity (Wildman–Crippen MR) is 88.7 cm³/mol. The molecule has 3 rings (SSSR count). The number of hydrogen-bond donors (Lipinski definition) is 1. The normalized spacial score (nSPS) is 12.0. The van der Waals surface area contributed by atoms with Gasteiger partial charge in [0, 0.05) is 6.08 Å². The molecule has 0 fully saturated rings. The molecule has 122 valence electrons. The molecule has 0 spiro atoms. The van der Waals surface area contributed by atoms with Crippen LogP contribution in [0.4, 0.5) is 18.3 Å². The van der Waals surface area contributed by atoms with Crippen molar-refractivity contribution in [2.45, 2.75) is 6.18 Å². The Morgan fingerprint density at radius 3 is 2.54 bits per heavy atom. The number of carbonyl (C=O) groups is 1. The van der Waals surface area contributed by atoms with E-state index in [4.69, 9.17) is 0 Å². The lowest BCUT2D eigenvalue weighted by atomic mass is 10.2. The molecule has 0 atom stereocenters. The maximum Gasteiger partial charge on any atom is 0.418 e. The number of amides is 1. The second kappa shape index (κ2) is 6.45. The molecule has 0 aliphatic heterocycles. The number of halogens is 3. The van der Waals surface area contributed by atoms with Gasteiger partial charge in [-0.25, -0.2) is 4.98 Å². The summed E-state index contributed by atoms with van der Waals surface area (Å²) in [6, 6.07) is 13.0. The molecule has 1 N–H and O–H groups in total. The number of nitrogens with zero attached hydrogens (tertiary/aromatic N) is 1. The lowest BCUT2D eigenvalue weighted by molar-refractivity contribution is -0.136. The van der Waals surface area contributed by atoms with Crippen molar-refractivity contribution in [3.63, 3.8) is 0 Å². The quantitative estimate of drug-likeness (QED) is 0.679. The number of para-hydroxylation sites is 1. The standard InChI is InChI=1S/C17H11F3N2OS/c18-17(19,20)12-7-4-8-13-15(12)22-16(24-13)21-14(23)10-9-11-5-2-1-3-6-11/h1-10H,(H,21,22,23)/b10-9+. The van der Waals surface area contributed by atoms with Gasteiger partial charge >= 0.3 is 6.18 Å². The third-order valence-electron chi connectivity index (χ3n) is 3.18. The zero-order chi connectivity index (χ0) is 17.2. The summed E-state index contributed by atoms with van der Waals surface area (Å²) < 4.78 is 39.3. The van der Waals surface area contributed by atoms with E-state index in [-0.39, 0.29) is 10.6 Å². The van der Waals surface area contributed by atoms with Crippen LogP contribution in [0.1, 0.15) is 11.1 Å². The third-order valence-corrected chi connectivity index (χ3v) is 4.12. The summed E-state index contributed by atoms with van der Waals surface area (Å²) in [5.74, 6) is -0.452. The maximum atomic E-state index is 13.0. The molecule has 0 bridgehead atoms. The van der Waals surface area contributed by atoms with Crippen LogP contribution in [0.2, 0.25) is 0 Å². The van der Waals surface area contributed by atoms with E-state index in [1.54, 1.807) is 6.08 Å². The Morgan fingerprint density at radius 2 is 1.83 bits per heavy atom. The molecule has 0 aliphatic rings. The highest BCUT2D eigenvalue weighted by molar-refractivity contribution is 7.22. The van der Waals surface area contributed by atoms with Gasteiger partial charge in [0.05, 0.1) is 15.8 Å². The van der Waals surface area contributed by atoms with Crippen LogP contribution in [0.25, 0.3) is 16.3 Å². The highest BCUT2D eigenvalue weighted by Crippen LogP contribution is 2.37. The first-order valence-electron chi connectivity index (χ1n) is 6.94. The molecule has 7 heteroatoms. The first-order chi connectivity index (χ1) is 11.4. The summed E-state index contributed by atoms with van der Waals surface area (Å²) in [6.45, 7) is 0. The second-order valence-corrected chi connectivity index (χ2v) is 5.93. The fraction of sp³-hybridized carbons (Fsp3) is 0.0588. The number of hydrogen-bond acceptors (Lipinski definition) is 3. The van der Waals surface area contributed by atoms with Gasteiger partial charge in [0.2, 0.25) is 5.91 Å². The highest BCUT2D eigenvalue weighted by Gasteiger charge is 2.33. The van der Waals surface area contributed by atoms with E-state index in [0.717, 1.165) is 23.0 Å². The molecule has 2 aromatic carbocycles. The number of rotatable bonds is 3. The predicted octanol–water partition coefficient (Wildman–Crippen LogP) is 4.97. The van der Waals surface area contributed by atoms with Crippen LogP contribution in [0.5, 0.6) is 0 Å². The van der Waals surface area contributed by atoms with Crippen molar-refractivity contribution in [3.05, 3.63) is 65.7 Å². The van der Waals surface area contributed by atoms with Gasteiger partial charge in [0.15, 0.2) is 5.13 Å². The third kappa shape index (κ3) is 3.62. The first kappa shape index (κ1) is 16.2. The lowest BCUT2D eigenvalue weighted by Gasteiger charge is -2.05. The number of thiazole rings is 1. The molecule has 0 unspecified atom stereocenters. The van der Waals surface area contributed by atoms with Gasteiger partial charge in [0.25, 0.3) is 0 Å². The molecule has 24 heavy (non-hydrogen) atoms. The molecule has 3 nitrogen and oxygen atoms in total. The Morgan fingerprint density at radius 1 is 1.08 bits per heavy atom. The summed E-state index contributed by atoms with van der Waals surface area (Å²) in [7, 11) is 0. The molecule has 0 radical (unpaired) electrons. The summed E-state index contributed by atoms with van der Waals surface area (Å²) in [5, 5.41) is 2.62. The Balaban J connectivity index is 1.81. The van der Waals surface area contributed by atoms with Crippen LogP contribution < -0.4 is 5.32 Å². The maximum absolute atomic E-state index is 13.0. The van der Waals surface area contributed by atoms with Gasteiger partial charge in [0.1, 0.15) is 0 Å². The van der Waals surface area contributed by atoms with Crippen molar-refractivity contribution in [2.75, 3.05) is 5.32 Å². The number of anilines is 1. The molecule has 3 aromatic rings. The van der Waals surface area contributed by atoms with Crippen LogP contribution in [0, 0.1) is 0 Å². The Hall–Kier alpha value is -2.67. The average molecular weight is 348 g/mol. The topological polar surface area (TPSA) is 42.0 Å². The van der Waals surface area contributed by atoms with Crippen LogP contribution in [-0.2, 0) is 11.0 Å². The van der Waals surface area contributed by atoms with Crippen LogP contribution >= 0.6 is 11.3 Å². The number of alkyl halides is 3. The van der Waals surface area contributed by atoms with Crippen molar-refractivity contribution in [1.29, 1.82) is 0 Å². The highest BCUT2D eigenvalue weighted by atomic mass is 32.1. The van der Waals surface area contributed by atoms with E-state index < -0.39 is 17.6 Å². The number of nitrogens with one attached hydrogen (secondary N) is 1. The average Bonchev–Trinajstić information content (AvgIpc) is 2.95. The zero-order valence-corrected chi connectivity index (χ0v) is 13.0. The fourth-order valence-corrected chi connectivity index (χ4v) is 3.01. The van der Waals surface area contributed by atoms with E-state index in [1.165, 1.54) is 18.2 Å². The van der Waals surface area contributed by atoms with Gasteiger partial charge in [-0.2, -0.15) is 13.2 Å². The SMILES string of the molecule is O=C(/C=C/c1ccccc1)Nc1nc2c(C(F)(F)F)cccc2s1. The van der Waals surface area contributed by atoms with Gasteiger partial charge in [-0.1, -0.05) is 47.7 Å². The van der Waals surface area contributed by atoms with Crippen LogP contribution in [0.3, 0.4) is 0 Å². The van der Waals surface area contributed by atoms with E-state index in [0.29, 0.717) is 4.70 Å². The molecule has 1 aromatic heterocycles. The summed E-state index contributed by atoms with van der Waals surface area (Å²) in [6.07, 6.45) is -1.56. The largest absolute Gasteiger partial charge is 0.418 e. The Kier molecular flexibility index (Phi) is 4.35. The smallest absolute Gasteiger partial charge is 0.298 e. The molecule has 1 amide bonds. The number of benzene rings is 2. The Labute approximate surface area is 139 Å². The summed E-state index contributed by atoms with van der Waals surface area (Å²) >= 11 is 1.00. The van der Waals surface area contributed by atoms with Crippen LogP contribution in [0.15, 0.2) is 54.6 Å². The van der Waals surface area contributed by atoms with Gasteiger partial charge in [-0.05, 0) is 23.8 Å². The minimum Gasteiger partial charge on any atom is -0.298 e. The van der Waals surface area contributed by atoms with E-state index >= 15 is 0 Å². The van der Waals surface area contributed by atoms with Crippen molar-refractivity contribution in [1.82, 2.24) is 4.98 Å². The monoisotopic (exact) mass is 348 g/mol. The van der Waals surface area contributed by atoms with Crippen molar-refractivity contribution in [3.8, 4) is 0 Å². The van der Waals surface area contributed by atoms with Gasteiger partial charge in [-0.15, -0.1) is 0 Å². The minimum atomic E-state index is -4.48. The molecule has 1 heterocycles. The second-order valence-electron chi connectivity index (χ2n) is 4.90. The Bertz CT molecular complexity index is 901. The lowest BCUT2D eigenvalue weighted by Crippen LogP contribution is -2.08.